The number of methoxy groups -OCH3 is 1. The number of fused-ring (bicyclic) bond motifs is 1. The van der Waals surface area contributed by atoms with Crippen molar-refractivity contribution in [2.45, 2.75) is 19.1 Å². The first kappa shape index (κ1) is 15.5. The van der Waals surface area contributed by atoms with E-state index in [0.29, 0.717) is 6.54 Å². The molecule has 0 radical (unpaired) electrons. The highest BCUT2D eigenvalue weighted by Gasteiger charge is 2.41. The van der Waals surface area contributed by atoms with Crippen molar-refractivity contribution >= 4 is 5.91 Å². The van der Waals surface area contributed by atoms with E-state index in [1.165, 1.54) is 0 Å². The third-order valence-electron chi connectivity index (χ3n) is 4.66. The van der Waals surface area contributed by atoms with Gasteiger partial charge >= 0.3 is 0 Å². The van der Waals surface area contributed by atoms with Crippen LogP contribution < -0.4 is 0 Å². The highest BCUT2D eigenvalue weighted by Crippen LogP contribution is 2.24. The number of ether oxygens (including phenoxy) is 2. The first-order valence-corrected chi connectivity index (χ1v) is 7.90. The van der Waals surface area contributed by atoms with Gasteiger partial charge in [-0.25, -0.2) is 0 Å². The van der Waals surface area contributed by atoms with E-state index >= 15 is 0 Å². The number of likely N-dealkylation sites (tertiary alicyclic amines) is 1. The van der Waals surface area contributed by atoms with E-state index in [2.05, 4.69) is 4.90 Å². The maximum Gasteiger partial charge on any atom is 0.254 e. The molecule has 2 atom stereocenters. The number of hydrogen-bond donors (Lipinski definition) is 0. The zero-order chi connectivity index (χ0) is 15.5. The van der Waals surface area contributed by atoms with Gasteiger partial charge in [0.1, 0.15) is 0 Å². The molecule has 0 spiro atoms. The van der Waals surface area contributed by atoms with Gasteiger partial charge in [0.05, 0.1) is 25.4 Å². The van der Waals surface area contributed by atoms with Crippen LogP contribution in [0.15, 0.2) is 24.3 Å². The van der Waals surface area contributed by atoms with Crippen LogP contribution in [0.25, 0.3) is 0 Å². The average Bonchev–Trinajstić information content (AvgIpc) is 2.97. The molecule has 0 unspecified atom stereocenters. The Labute approximate surface area is 131 Å². The molecule has 2 fully saturated rings. The average molecular weight is 304 g/mol. The molecule has 0 bridgehead atoms. The van der Waals surface area contributed by atoms with E-state index in [1.54, 1.807) is 7.11 Å². The van der Waals surface area contributed by atoms with Crippen LogP contribution in [0.3, 0.4) is 0 Å². The first-order chi connectivity index (χ1) is 10.7. The molecular weight excluding hydrogens is 280 g/mol. The Morgan fingerprint density at radius 3 is 2.95 bits per heavy atom. The zero-order valence-electron chi connectivity index (χ0n) is 13.3. The number of amides is 1. The number of carbonyl (C=O) groups excluding carboxylic acids is 1. The summed E-state index contributed by atoms with van der Waals surface area (Å²) in [5, 5.41) is 0. The second-order valence-electron chi connectivity index (χ2n) is 6.03. The van der Waals surface area contributed by atoms with Crippen LogP contribution in [0.5, 0.6) is 0 Å². The van der Waals surface area contributed by atoms with Gasteiger partial charge in [0.2, 0.25) is 0 Å². The highest BCUT2D eigenvalue weighted by atomic mass is 16.5. The minimum Gasteiger partial charge on any atom is -0.383 e. The van der Waals surface area contributed by atoms with Gasteiger partial charge in [-0.3, -0.25) is 9.69 Å². The summed E-state index contributed by atoms with van der Waals surface area (Å²) in [6, 6.07) is 8.06. The van der Waals surface area contributed by atoms with Crippen LogP contribution in [0, 0.1) is 6.92 Å². The molecule has 2 aliphatic rings. The molecule has 2 heterocycles. The van der Waals surface area contributed by atoms with Crippen molar-refractivity contribution in [2.75, 3.05) is 46.5 Å². The van der Waals surface area contributed by atoms with Gasteiger partial charge in [-0.05, 0) is 18.6 Å². The van der Waals surface area contributed by atoms with Crippen molar-refractivity contribution in [3.8, 4) is 0 Å². The lowest BCUT2D eigenvalue weighted by atomic mass is 10.1. The van der Waals surface area contributed by atoms with E-state index in [9.17, 15) is 4.79 Å². The van der Waals surface area contributed by atoms with E-state index < -0.39 is 0 Å². The van der Waals surface area contributed by atoms with Gasteiger partial charge < -0.3 is 14.4 Å². The molecule has 1 amide bonds. The predicted molar refractivity (Wildman–Crippen MR) is 84.1 cm³/mol. The molecule has 0 aromatic heterocycles. The van der Waals surface area contributed by atoms with Crippen molar-refractivity contribution in [3.63, 3.8) is 0 Å². The lowest BCUT2D eigenvalue weighted by molar-refractivity contribution is -0.0526. The molecule has 120 valence electrons. The second-order valence-corrected chi connectivity index (χ2v) is 6.03. The predicted octanol–water partition coefficient (Wildman–Crippen LogP) is 1.17. The Hall–Kier alpha value is -1.43. The number of benzene rings is 1. The fourth-order valence-corrected chi connectivity index (χ4v) is 3.39. The van der Waals surface area contributed by atoms with Gasteiger partial charge in [-0.1, -0.05) is 18.2 Å². The molecule has 0 saturated carbocycles. The summed E-state index contributed by atoms with van der Waals surface area (Å²) in [5.74, 6) is 0.114. The Morgan fingerprint density at radius 1 is 1.36 bits per heavy atom. The Bertz CT molecular complexity index is 534. The largest absolute Gasteiger partial charge is 0.383 e. The lowest BCUT2D eigenvalue weighted by Gasteiger charge is -2.36. The quantitative estimate of drug-likeness (QED) is 0.837. The molecule has 5 heteroatoms. The number of hydrogen-bond acceptors (Lipinski definition) is 4. The summed E-state index contributed by atoms with van der Waals surface area (Å²) in [7, 11) is 1.72. The number of morpholine rings is 1. The van der Waals surface area contributed by atoms with Crippen LogP contribution in [-0.4, -0.2) is 74.4 Å². The van der Waals surface area contributed by atoms with Crippen LogP contribution in [0.1, 0.15) is 15.9 Å². The number of nitrogens with zero attached hydrogens (tertiary/aromatic N) is 2. The molecule has 1 aromatic carbocycles. The van der Waals surface area contributed by atoms with Crippen molar-refractivity contribution in [1.82, 2.24) is 9.80 Å². The van der Waals surface area contributed by atoms with Crippen molar-refractivity contribution < 1.29 is 14.3 Å². The molecule has 22 heavy (non-hydrogen) atoms. The molecule has 5 nitrogen and oxygen atoms in total. The van der Waals surface area contributed by atoms with Gasteiger partial charge in [0, 0.05) is 38.9 Å². The Morgan fingerprint density at radius 2 is 2.18 bits per heavy atom. The minimum absolute atomic E-state index is 0.114. The number of carbonyl (C=O) groups is 1. The summed E-state index contributed by atoms with van der Waals surface area (Å²) in [5.41, 5.74) is 1.82. The molecule has 1 aromatic rings. The van der Waals surface area contributed by atoms with Gasteiger partial charge in [0.25, 0.3) is 5.91 Å². The van der Waals surface area contributed by atoms with Crippen LogP contribution >= 0.6 is 0 Å². The maximum atomic E-state index is 12.8. The smallest absolute Gasteiger partial charge is 0.254 e. The third-order valence-corrected chi connectivity index (χ3v) is 4.66. The van der Waals surface area contributed by atoms with E-state index in [4.69, 9.17) is 9.47 Å². The summed E-state index contributed by atoms with van der Waals surface area (Å²) >= 11 is 0. The Kier molecular flexibility index (Phi) is 4.76. The normalized spacial score (nSPS) is 25.3. The van der Waals surface area contributed by atoms with Crippen molar-refractivity contribution in [2.24, 2.45) is 0 Å². The topological polar surface area (TPSA) is 42.0 Å². The summed E-state index contributed by atoms with van der Waals surface area (Å²) in [6.07, 6.45) is 0.124. The highest BCUT2D eigenvalue weighted by molar-refractivity contribution is 5.95. The SMILES string of the molecule is COCCN1CCO[C@H]2CN(C(=O)c3ccccc3C)C[C@H]21. The summed E-state index contributed by atoms with van der Waals surface area (Å²) in [4.78, 5) is 17.1. The minimum atomic E-state index is 0.114. The monoisotopic (exact) mass is 304 g/mol. The number of rotatable bonds is 4. The molecule has 0 N–H and O–H groups in total. The molecule has 3 rings (SSSR count). The molecule has 2 aliphatic heterocycles. The fourth-order valence-electron chi connectivity index (χ4n) is 3.39. The first-order valence-electron chi connectivity index (χ1n) is 7.90. The Balaban J connectivity index is 1.70. The summed E-state index contributed by atoms with van der Waals surface area (Å²) < 4.78 is 11.1. The zero-order valence-corrected chi connectivity index (χ0v) is 13.3. The molecular formula is C17H24N2O3. The van der Waals surface area contributed by atoms with E-state index in [1.807, 2.05) is 36.1 Å². The van der Waals surface area contributed by atoms with Crippen LogP contribution in [0.2, 0.25) is 0 Å². The van der Waals surface area contributed by atoms with Gasteiger partial charge in [0.15, 0.2) is 0 Å². The van der Waals surface area contributed by atoms with E-state index in [-0.39, 0.29) is 18.1 Å². The van der Waals surface area contributed by atoms with Crippen LogP contribution in [-0.2, 0) is 9.47 Å². The maximum absolute atomic E-state index is 12.8. The fraction of sp³-hybridized carbons (Fsp3) is 0.588. The molecule has 0 aliphatic carbocycles. The van der Waals surface area contributed by atoms with Gasteiger partial charge in [-0.2, -0.15) is 0 Å². The van der Waals surface area contributed by atoms with Crippen LogP contribution in [0.4, 0.5) is 0 Å². The van der Waals surface area contributed by atoms with Crippen molar-refractivity contribution in [1.29, 1.82) is 0 Å². The third kappa shape index (κ3) is 3.02. The molecule has 2 saturated heterocycles. The second kappa shape index (κ2) is 6.77. The lowest BCUT2D eigenvalue weighted by Crippen LogP contribution is -2.51. The summed E-state index contributed by atoms with van der Waals surface area (Å²) in [6.45, 7) is 6.66. The van der Waals surface area contributed by atoms with Crippen molar-refractivity contribution in [3.05, 3.63) is 35.4 Å². The standard InChI is InChI=1S/C17H24N2O3/c1-13-5-3-4-6-14(13)17(20)19-11-15-16(12-19)22-10-8-18(15)7-9-21-2/h3-6,15-16H,7-12H2,1-2H3/t15-,16+/m1/s1. The van der Waals surface area contributed by atoms with Gasteiger partial charge in [-0.15, -0.1) is 0 Å². The van der Waals surface area contributed by atoms with E-state index in [0.717, 1.165) is 44.0 Å². The number of aryl methyl sites for hydroxylation is 1.